The number of aliphatic carboxylic acids is 1. The molecule has 0 unspecified atom stereocenters. The molecule has 5 heteroatoms. The Morgan fingerprint density at radius 3 is 2.48 bits per heavy atom. The highest BCUT2D eigenvalue weighted by molar-refractivity contribution is 5.79. The van der Waals surface area contributed by atoms with Crippen LogP contribution in [0.1, 0.15) is 38.7 Å². The molecule has 0 atom stereocenters. The predicted octanol–water partition coefficient (Wildman–Crippen LogP) is 2.52. The lowest BCUT2D eigenvalue weighted by Crippen LogP contribution is -2.50. The largest absolute Gasteiger partial charge is 0.484 e. The van der Waals surface area contributed by atoms with Gasteiger partial charge in [-0.05, 0) is 37.5 Å². The molecule has 5 nitrogen and oxygen atoms in total. The van der Waals surface area contributed by atoms with Gasteiger partial charge >= 0.3 is 5.97 Å². The van der Waals surface area contributed by atoms with Crippen LogP contribution in [0.15, 0.2) is 24.3 Å². The minimum atomic E-state index is -0.918. The summed E-state index contributed by atoms with van der Waals surface area (Å²) in [4.78, 5) is 22.9. The molecule has 0 saturated heterocycles. The van der Waals surface area contributed by atoms with E-state index in [0.29, 0.717) is 18.6 Å². The van der Waals surface area contributed by atoms with E-state index in [1.165, 1.54) is 0 Å². The molecule has 0 aliphatic carbocycles. The van der Waals surface area contributed by atoms with Gasteiger partial charge < -0.3 is 15.2 Å². The van der Waals surface area contributed by atoms with Gasteiger partial charge in [-0.3, -0.25) is 9.59 Å². The average molecular weight is 293 g/mol. The van der Waals surface area contributed by atoms with Gasteiger partial charge in [0.05, 0.1) is 12.0 Å². The minimum Gasteiger partial charge on any atom is -0.484 e. The van der Waals surface area contributed by atoms with Crippen molar-refractivity contribution in [3.8, 4) is 5.75 Å². The van der Waals surface area contributed by atoms with Crippen LogP contribution in [0.5, 0.6) is 5.75 Å². The summed E-state index contributed by atoms with van der Waals surface area (Å²) in [5, 5.41) is 11.8. The van der Waals surface area contributed by atoms with Gasteiger partial charge in [-0.25, -0.2) is 0 Å². The lowest BCUT2D eigenvalue weighted by atomic mass is 9.89. The van der Waals surface area contributed by atoms with E-state index in [1.54, 1.807) is 6.07 Å². The summed E-state index contributed by atoms with van der Waals surface area (Å²) in [6.07, 6.45) is 1.04. The fourth-order valence-corrected chi connectivity index (χ4v) is 2.20. The molecule has 0 spiro atoms. The topological polar surface area (TPSA) is 75.6 Å². The fourth-order valence-electron chi connectivity index (χ4n) is 2.20. The average Bonchev–Trinajstić information content (AvgIpc) is 2.44. The molecule has 0 bridgehead atoms. The number of carboxylic acid groups (broad SMARTS) is 1. The summed E-state index contributed by atoms with van der Waals surface area (Å²) in [6.45, 7) is 5.56. The van der Waals surface area contributed by atoms with Crippen molar-refractivity contribution in [2.24, 2.45) is 0 Å². The summed E-state index contributed by atoms with van der Waals surface area (Å²) < 4.78 is 5.43. The molecule has 0 saturated carbocycles. The first-order valence-corrected chi connectivity index (χ1v) is 7.13. The number of hydrogen-bond acceptors (Lipinski definition) is 3. The third-order valence-electron chi connectivity index (χ3n) is 3.61. The third kappa shape index (κ3) is 5.45. The summed E-state index contributed by atoms with van der Waals surface area (Å²) in [5.41, 5.74) is 0.342. The van der Waals surface area contributed by atoms with Crippen molar-refractivity contribution in [1.29, 1.82) is 0 Å². The Morgan fingerprint density at radius 2 is 1.95 bits per heavy atom. The maximum atomic E-state index is 12.0. The molecule has 1 aromatic rings. The minimum absolute atomic E-state index is 0.0871. The van der Waals surface area contributed by atoms with Crippen molar-refractivity contribution in [1.82, 2.24) is 5.32 Å². The van der Waals surface area contributed by atoms with Crippen LogP contribution >= 0.6 is 0 Å². The first kappa shape index (κ1) is 17.0. The number of nitrogens with one attached hydrogen (secondary N) is 1. The monoisotopic (exact) mass is 293 g/mol. The molecule has 0 fully saturated rings. The van der Waals surface area contributed by atoms with Crippen molar-refractivity contribution in [2.75, 3.05) is 6.61 Å². The van der Waals surface area contributed by atoms with Crippen LogP contribution in [0.25, 0.3) is 0 Å². The fraction of sp³-hybridized carbons (Fsp3) is 0.500. The summed E-state index contributed by atoms with van der Waals surface area (Å²) in [6, 6.07) is 7.43. The first-order valence-electron chi connectivity index (χ1n) is 7.13. The molecular formula is C16H23NO4. The van der Waals surface area contributed by atoms with Crippen LogP contribution in [0.3, 0.4) is 0 Å². The van der Waals surface area contributed by atoms with E-state index < -0.39 is 11.5 Å². The van der Waals surface area contributed by atoms with Gasteiger partial charge in [0.1, 0.15) is 5.75 Å². The molecule has 2 N–H and O–H groups in total. The second-order valence-electron chi connectivity index (χ2n) is 5.21. The van der Waals surface area contributed by atoms with Gasteiger partial charge in [-0.2, -0.15) is 0 Å². The normalized spacial score (nSPS) is 11.0. The smallest absolute Gasteiger partial charge is 0.305 e. The molecule has 1 rings (SSSR count). The number of carbonyl (C=O) groups is 2. The van der Waals surface area contributed by atoms with E-state index in [1.807, 2.05) is 39.0 Å². The molecule has 0 radical (unpaired) electrons. The SMILES string of the molecule is CCC(CC)(CC(=O)O)NC(=O)COc1cccc(C)c1. The number of hydrogen-bond donors (Lipinski definition) is 2. The number of carboxylic acids is 1. The molecule has 0 aromatic heterocycles. The Hall–Kier alpha value is -2.04. The van der Waals surface area contributed by atoms with Gasteiger partial charge in [0.25, 0.3) is 5.91 Å². The molecular weight excluding hydrogens is 270 g/mol. The van der Waals surface area contributed by atoms with Crippen LogP contribution in [-0.2, 0) is 9.59 Å². The number of rotatable bonds is 8. The molecule has 1 aromatic carbocycles. The Balaban J connectivity index is 2.60. The summed E-state index contributed by atoms with van der Waals surface area (Å²) in [7, 11) is 0. The Labute approximate surface area is 125 Å². The van der Waals surface area contributed by atoms with E-state index >= 15 is 0 Å². The van der Waals surface area contributed by atoms with Gasteiger partial charge in [0.15, 0.2) is 6.61 Å². The quantitative estimate of drug-likeness (QED) is 0.772. The van der Waals surface area contributed by atoms with Crippen LogP contribution in [-0.4, -0.2) is 29.1 Å². The van der Waals surface area contributed by atoms with Gasteiger partial charge in [0.2, 0.25) is 0 Å². The number of amides is 1. The number of aryl methyl sites for hydroxylation is 1. The highest BCUT2D eigenvalue weighted by Crippen LogP contribution is 2.20. The molecule has 116 valence electrons. The van der Waals surface area contributed by atoms with E-state index in [-0.39, 0.29) is 18.9 Å². The van der Waals surface area contributed by atoms with Gasteiger partial charge in [0, 0.05) is 0 Å². The Morgan fingerprint density at radius 1 is 1.29 bits per heavy atom. The molecule has 1 amide bonds. The number of benzene rings is 1. The third-order valence-corrected chi connectivity index (χ3v) is 3.61. The van der Waals surface area contributed by atoms with Crippen LogP contribution in [0.4, 0.5) is 0 Å². The maximum absolute atomic E-state index is 12.0. The second-order valence-corrected chi connectivity index (χ2v) is 5.21. The molecule has 0 heterocycles. The van der Waals surface area contributed by atoms with Crippen molar-refractivity contribution < 1.29 is 19.4 Å². The van der Waals surface area contributed by atoms with Crippen molar-refractivity contribution in [3.05, 3.63) is 29.8 Å². The highest BCUT2D eigenvalue weighted by Gasteiger charge is 2.30. The standard InChI is InChI=1S/C16H23NO4/c1-4-16(5-2,10-15(19)20)17-14(18)11-21-13-8-6-7-12(3)9-13/h6-9H,4-5,10-11H2,1-3H3,(H,17,18)(H,19,20). The summed E-state index contributed by atoms with van der Waals surface area (Å²) in [5.74, 6) is -0.595. The zero-order valence-corrected chi connectivity index (χ0v) is 12.8. The van der Waals surface area contributed by atoms with Gasteiger partial charge in [-0.1, -0.05) is 26.0 Å². The van der Waals surface area contributed by atoms with E-state index in [4.69, 9.17) is 9.84 Å². The molecule has 0 aliphatic rings. The highest BCUT2D eigenvalue weighted by atomic mass is 16.5. The van der Waals surface area contributed by atoms with E-state index in [9.17, 15) is 9.59 Å². The van der Waals surface area contributed by atoms with E-state index in [0.717, 1.165) is 5.56 Å². The summed E-state index contributed by atoms with van der Waals surface area (Å²) >= 11 is 0. The lowest BCUT2D eigenvalue weighted by Gasteiger charge is -2.31. The predicted molar refractivity (Wildman–Crippen MR) is 80.4 cm³/mol. The zero-order valence-electron chi connectivity index (χ0n) is 12.8. The van der Waals surface area contributed by atoms with Crippen LogP contribution in [0.2, 0.25) is 0 Å². The lowest BCUT2D eigenvalue weighted by molar-refractivity contribution is -0.139. The first-order chi connectivity index (χ1) is 9.90. The van der Waals surface area contributed by atoms with Crippen molar-refractivity contribution >= 4 is 11.9 Å². The molecule has 21 heavy (non-hydrogen) atoms. The second kappa shape index (κ2) is 7.67. The maximum Gasteiger partial charge on any atom is 0.305 e. The Bertz CT molecular complexity index is 495. The number of carbonyl (C=O) groups excluding carboxylic acids is 1. The van der Waals surface area contributed by atoms with Crippen LogP contribution < -0.4 is 10.1 Å². The van der Waals surface area contributed by atoms with E-state index in [2.05, 4.69) is 5.32 Å². The van der Waals surface area contributed by atoms with Crippen molar-refractivity contribution in [3.63, 3.8) is 0 Å². The number of ether oxygens (including phenoxy) is 1. The molecule has 0 aliphatic heterocycles. The van der Waals surface area contributed by atoms with Gasteiger partial charge in [-0.15, -0.1) is 0 Å². The van der Waals surface area contributed by atoms with Crippen molar-refractivity contribution in [2.45, 2.75) is 45.6 Å². The Kier molecular flexibility index (Phi) is 6.21. The zero-order chi connectivity index (χ0) is 15.9. The van der Waals surface area contributed by atoms with Crippen LogP contribution in [0, 0.1) is 6.92 Å².